The highest BCUT2D eigenvalue weighted by Gasteiger charge is 2.43. The maximum atomic E-state index is 13.8. The van der Waals surface area contributed by atoms with E-state index in [1.165, 1.54) is 0 Å². The van der Waals surface area contributed by atoms with E-state index in [9.17, 15) is 52.7 Å². The minimum atomic E-state index is -4.36. The quantitative estimate of drug-likeness (QED) is 0.0753. The van der Waals surface area contributed by atoms with E-state index in [4.69, 9.17) is 0 Å². The van der Waals surface area contributed by atoms with Crippen molar-refractivity contribution in [1.82, 2.24) is 0 Å². The lowest BCUT2D eigenvalue weighted by molar-refractivity contribution is -0.131. The first-order chi connectivity index (χ1) is 29.4. The van der Waals surface area contributed by atoms with Crippen molar-refractivity contribution in [3.8, 4) is 22.3 Å². The normalized spacial score (nSPS) is 15.0. The minimum absolute atomic E-state index is 0.00593. The van der Waals surface area contributed by atoms with Gasteiger partial charge in [0.2, 0.25) is 0 Å². The molecule has 0 aromatic heterocycles. The predicted octanol–water partition coefficient (Wildman–Crippen LogP) is 13.1. The average molecular weight is 1010 g/mol. The van der Waals surface area contributed by atoms with Gasteiger partial charge in [-0.1, -0.05) is 157 Å². The summed E-state index contributed by atoms with van der Waals surface area (Å²) >= 11 is 0. The summed E-state index contributed by atoms with van der Waals surface area (Å²) in [6.45, 7) is 19.8. The van der Waals surface area contributed by atoms with Crippen LogP contribution in [0.25, 0.3) is 22.3 Å². The second kappa shape index (κ2) is 17.3. The second-order valence-corrected chi connectivity index (χ2v) is 45.5. The third-order valence-electron chi connectivity index (χ3n) is 14.6. The van der Waals surface area contributed by atoms with E-state index in [1.807, 2.05) is 101 Å². The molecule has 0 heterocycles. The van der Waals surface area contributed by atoms with Crippen LogP contribution in [0.2, 0.25) is 89.6 Å². The molecule has 356 valence electrons. The summed E-state index contributed by atoms with van der Waals surface area (Å²) in [5, 5.41) is 5.46. The lowest BCUT2D eigenvalue weighted by Gasteiger charge is -2.34. The van der Waals surface area contributed by atoms with E-state index < -0.39 is 90.8 Å². The fraction of sp³-hybridized carbons (Fsp3) is 0.500. The Hall–Kier alpha value is -2.88. The molecule has 17 heteroatoms. The van der Waals surface area contributed by atoms with Crippen LogP contribution in [0.1, 0.15) is 47.9 Å². The molecular formula is C48H60F12Si5. The Morgan fingerprint density at radius 1 is 0.354 bits per heavy atom. The first kappa shape index (κ1) is 51.5. The molecule has 65 heavy (non-hydrogen) atoms. The van der Waals surface area contributed by atoms with E-state index in [1.54, 1.807) is 0 Å². The van der Waals surface area contributed by atoms with Crippen LogP contribution in [-0.4, -0.2) is 65.1 Å². The number of benzene rings is 4. The second-order valence-electron chi connectivity index (χ2n) is 21.8. The number of rotatable bonds is 14. The Morgan fingerprint density at radius 2 is 0.615 bits per heavy atom. The van der Waals surface area contributed by atoms with Gasteiger partial charge in [0, 0.05) is 25.7 Å². The monoisotopic (exact) mass is 1000 g/mol. The van der Waals surface area contributed by atoms with Crippen molar-refractivity contribution in [3.05, 3.63) is 82.9 Å². The molecule has 4 aromatic rings. The molecule has 6 rings (SSSR count). The van der Waals surface area contributed by atoms with E-state index in [0.29, 0.717) is 12.8 Å². The molecule has 0 unspecified atom stereocenters. The first-order valence-electron chi connectivity index (χ1n) is 22.3. The molecule has 0 nitrogen and oxygen atoms in total. The van der Waals surface area contributed by atoms with Gasteiger partial charge in [0.25, 0.3) is 0 Å². The predicted molar refractivity (Wildman–Crippen MR) is 256 cm³/mol. The van der Waals surface area contributed by atoms with Gasteiger partial charge in [0.1, 0.15) is 8.07 Å². The molecule has 0 atom stereocenters. The van der Waals surface area contributed by atoms with E-state index in [2.05, 4.69) is 25.2 Å². The molecule has 0 radical (unpaired) electrons. The van der Waals surface area contributed by atoms with Crippen LogP contribution in [0.4, 0.5) is 52.7 Å². The minimum Gasteiger partial charge on any atom is -0.171 e. The lowest BCUT2D eigenvalue weighted by Crippen LogP contribution is -2.59. The standard InChI is InChI=1S/C48H60F12Si5/c1-61(2,19-15-45(49,50)51)33-13-11-31-23-41-39(37(31)25-33)27-35(63(5,6)21-17-47(55,56)57)29-43(41)65(9,10)44-30-36(64(7,8)22-18-48(58,59)60)28-40-38-26-34(14-12-32(38)24-42(40)44)62(3,4)20-16-46(52,53)54/h11-14,25-30H,15-24H2,1-10H3. The van der Waals surface area contributed by atoms with Crippen LogP contribution < -0.4 is 31.1 Å². The Morgan fingerprint density at radius 3 is 0.892 bits per heavy atom. The number of halogens is 12. The molecule has 2 aliphatic rings. The largest absolute Gasteiger partial charge is 0.388 e. The molecule has 0 N–H and O–H groups in total. The summed E-state index contributed by atoms with van der Waals surface area (Å²) in [6.07, 6.45) is -20.0. The summed E-state index contributed by atoms with van der Waals surface area (Å²) in [5.74, 6) is 0. The maximum Gasteiger partial charge on any atom is 0.388 e. The fourth-order valence-electron chi connectivity index (χ4n) is 9.83. The Kier molecular flexibility index (Phi) is 13.7. The zero-order chi connectivity index (χ0) is 48.7. The highest BCUT2D eigenvalue weighted by atomic mass is 28.3. The number of fused-ring (bicyclic) bond motifs is 6. The van der Waals surface area contributed by atoms with E-state index >= 15 is 0 Å². The third-order valence-corrected chi connectivity index (χ3v) is 31.7. The summed E-state index contributed by atoms with van der Waals surface area (Å²) in [7, 11) is -13.8. The van der Waals surface area contributed by atoms with Crippen molar-refractivity contribution >= 4 is 71.5 Å². The van der Waals surface area contributed by atoms with Crippen LogP contribution in [0.5, 0.6) is 0 Å². The molecular weight excluding hydrogens is 945 g/mol. The molecule has 2 aliphatic carbocycles. The smallest absolute Gasteiger partial charge is 0.171 e. The summed E-state index contributed by atoms with van der Waals surface area (Å²) in [6, 6.07) is 20.1. The summed E-state index contributed by atoms with van der Waals surface area (Å²) < 4.78 is 164. The van der Waals surface area contributed by atoms with E-state index in [0.717, 1.165) is 75.6 Å². The molecule has 0 fully saturated rings. The molecule has 0 amide bonds. The topological polar surface area (TPSA) is 0 Å². The van der Waals surface area contributed by atoms with Crippen molar-refractivity contribution in [2.45, 2.75) is 153 Å². The number of hydrogen-bond acceptors (Lipinski definition) is 0. The highest BCUT2D eigenvalue weighted by Crippen LogP contribution is 2.41. The van der Waals surface area contributed by atoms with Crippen LogP contribution in [-0.2, 0) is 12.8 Å². The van der Waals surface area contributed by atoms with Crippen molar-refractivity contribution in [2.24, 2.45) is 0 Å². The SMILES string of the molecule is C[Si](C)(CCC(F)(F)F)c1ccc2c(c1)-c1cc([Si](C)(C)CCC(F)(F)F)cc([Si](C)(C)c3cc([Si](C)(C)CCC(F)(F)F)cc4c3Cc3ccc([Si](C)(C)CCC(F)(F)F)cc3-4)c1C2. The number of alkyl halides is 12. The van der Waals surface area contributed by atoms with Gasteiger partial charge < -0.3 is 0 Å². The highest BCUT2D eigenvalue weighted by molar-refractivity contribution is 7.02. The van der Waals surface area contributed by atoms with Crippen LogP contribution >= 0.6 is 0 Å². The molecule has 4 aromatic carbocycles. The van der Waals surface area contributed by atoms with Crippen LogP contribution in [0.15, 0.2) is 60.7 Å². The van der Waals surface area contributed by atoms with Crippen molar-refractivity contribution < 1.29 is 52.7 Å². The zero-order valence-electron chi connectivity index (χ0n) is 38.9. The third kappa shape index (κ3) is 11.7. The molecule has 0 saturated heterocycles. The number of hydrogen-bond donors (Lipinski definition) is 0. The lowest BCUT2D eigenvalue weighted by atomic mass is 10.1. The van der Waals surface area contributed by atoms with Gasteiger partial charge in [-0.15, -0.1) is 0 Å². The van der Waals surface area contributed by atoms with Gasteiger partial charge in [-0.25, -0.2) is 0 Å². The van der Waals surface area contributed by atoms with Gasteiger partial charge >= 0.3 is 24.7 Å². The van der Waals surface area contributed by atoms with Gasteiger partial charge in [0.05, 0.1) is 32.3 Å². The van der Waals surface area contributed by atoms with Crippen molar-refractivity contribution in [1.29, 1.82) is 0 Å². The average Bonchev–Trinajstić information content (AvgIpc) is 3.74. The maximum absolute atomic E-state index is 13.8. The summed E-state index contributed by atoms with van der Waals surface area (Å²) in [4.78, 5) is 0. The van der Waals surface area contributed by atoms with Gasteiger partial charge in [0.15, 0.2) is 0 Å². The van der Waals surface area contributed by atoms with Gasteiger partial charge in [-0.2, -0.15) is 52.7 Å². The van der Waals surface area contributed by atoms with Crippen LogP contribution in [0.3, 0.4) is 0 Å². The van der Waals surface area contributed by atoms with E-state index in [-0.39, 0.29) is 24.2 Å². The van der Waals surface area contributed by atoms with Crippen molar-refractivity contribution in [2.75, 3.05) is 0 Å². The van der Waals surface area contributed by atoms with Gasteiger partial charge in [-0.3, -0.25) is 0 Å². The van der Waals surface area contributed by atoms with Crippen molar-refractivity contribution in [3.63, 3.8) is 0 Å². The Labute approximate surface area is 380 Å². The fourth-order valence-corrected chi connectivity index (χ4v) is 22.5. The summed E-state index contributed by atoms with van der Waals surface area (Å²) in [5.41, 5.74) is 7.56. The molecule has 0 saturated carbocycles. The molecule has 0 bridgehead atoms. The zero-order valence-corrected chi connectivity index (χ0v) is 43.9. The van der Waals surface area contributed by atoms with Gasteiger partial charge in [-0.05, 0) is 81.5 Å². The first-order valence-corrected chi connectivity index (χ1v) is 38.1. The Bertz CT molecular complexity index is 2270. The molecule has 0 spiro atoms. The molecule has 0 aliphatic heterocycles. The Balaban J connectivity index is 1.58. The van der Waals surface area contributed by atoms with Crippen LogP contribution in [0, 0.1) is 0 Å².